The van der Waals surface area contributed by atoms with Crippen LogP contribution < -0.4 is 4.74 Å². The number of carboxylic acids is 1. The summed E-state index contributed by atoms with van der Waals surface area (Å²) < 4.78 is 29.8. The molecule has 0 amide bonds. The second-order valence-corrected chi connectivity index (χ2v) is 6.83. The zero-order valence-corrected chi connectivity index (χ0v) is 13.1. The Labute approximate surface area is 129 Å². The number of aromatic carboxylic acids is 1. The van der Waals surface area contributed by atoms with E-state index in [1.165, 1.54) is 26.2 Å². The number of methoxy groups -OCH3 is 1. The van der Waals surface area contributed by atoms with Crippen molar-refractivity contribution in [3.8, 4) is 16.9 Å². The van der Waals surface area contributed by atoms with Crippen molar-refractivity contribution < 1.29 is 23.1 Å². The maximum Gasteiger partial charge on any atom is 0.337 e. The minimum atomic E-state index is -3.68. The molecule has 0 saturated heterocycles. The Balaban J connectivity index is 2.75. The van der Waals surface area contributed by atoms with E-state index in [0.29, 0.717) is 16.9 Å². The molecule has 6 heteroatoms. The van der Waals surface area contributed by atoms with Crippen LogP contribution in [0.15, 0.2) is 47.4 Å². The fraction of sp³-hybridized carbons (Fsp3) is 0.188. The van der Waals surface area contributed by atoms with Crippen LogP contribution in [0.25, 0.3) is 11.1 Å². The molecule has 0 bridgehead atoms. The van der Waals surface area contributed by atoms with E-state index in [1.54, 1.807) is 30.3 Å². The summed E-state index contributed by atoms with van der Waals surface area (Å²) in [6.07, 6.45) is 0. The van der Waals surface area contributed by atoms with E-state index in [-0.39, 0.29) is 16.2 Å². The van der Waals surface area contributed by atoms with Gasteiger partial charge in [-0.25, -0.2) is 13.2 Å². The Morgan fingerprint density at radius 1 is 1.14 bits per heavy atom. The smallest absolute Gasteiger partial charge is 0.337 e. The van der Waals surface area contributed by atoms with Crippen molar-refractivity contribution in [2.24, 2.45) is 0 Å². The highest BCUT2D eigenvalue weighted by atomic mass is 32.2. The molecule has 0 radical (unpaired) electrons. The van der Waals surface area contributed by atoms with Crippen LogP contribution in [0.5, 0.6) is 5.75 Å². The summed E-state index contributed by atoms with van der Waals surface area (Å²) in [5, 5.41) is 9.29. The lowest BCUT2D eigenvalue weighted by molar-refractivity contribution is 0.0692. The second-order valence-electron chi connectivity index (χ2n) is 4.62. The molecule has 22 heavy (non-hydrogen) atoms. The predicted molar refractivity (Wildman–Crippen MR) is 83.1 cm³/mol. The minimum absolute atomic E-state index is 0.143. The molecule has 5 nitrogen and oxygen atoms in total. The van der Waals surface area contributed by atoms with Gasteiger partial charge < -0.3 is 9.84 Å². The largest absolute Gasteiger partial charge is 0.497 e. The zero-order chi connectivity index (χ0) is 16.3. The number of hydrogen-bond donors (Lipinski definition) is 1. The molecule has 0 aliphatic carbocycles. The number of benzene rings is 2. The molecule has 1 N–H and O–H groups in total. The van der Waals surface area contributed by atoms with Gasteiger partial charge in [-0.15, -0.1) is 0 Å². The van der Waals surface area contributed by atoms with Crippen molar-refractivity contribution in [2.45, 2.75) is 11.8 Å². The third kappa shape index (κ3) is 2.96. The van der Waals surface area contributed by atoms with Crippen molar-refractivity contribution in [1.82, 2.24) is 0 Å². The highest BCUT2D eigenvalue weighted by Crippen LogP contribution is 2.32. The number of carboxylic acid groups (broad SMARTS) is 1. The molecule has 0 unspecified atom stereocenters. The van der Waals surface area contributed by atoms with Gasteiger partial charge in [-0.1, -0.05) is 31.2 Å². The predicted octanol–water partition coefficient (Wildman–Crippen LogP) is 2.85. The van der Waals surface area contributed by atoms with Crippen LogP contribution in [0.4, 0.5) is 0 Å². The molecule has 2 rings (SSSR count). The molecule has 0 saturated carbocycles. The highest BCUT2D eigenvalue weighted by Gasteiger charge is 2.25. The summed E-state index contributed by atoms with van der Waals surface area (Å²) in [4.78, 5) is 11.2. The van der Waals surface area contributed by atoms with Crippen molar-refractivity contribution in [3.63, 3.8) is 0 Å². The molecule has 0 aromatic heterocycles. The van der Waals surface area contributed by atoms with Gasteiger partial charge in [0.15, 0.2) is 9.84 Å². The van der Waals surface area contributed by atoms with E-state index in [4.69, 9.17) is 4.74 Å². The average Bonchev–Trinajstić information content (AvgIpc) is 2.54. The van der Waals surface area contributed by atoms with Gasteiger partial charge in [-0.05, 0) is 23.8 Å². The molecule has 2 aromatic carbocycles. The first-order chi connectivity index (χ1) is 10.4. The van der Waals surface area contributed by atoms with Crippen LogP contribution in [0, 0.1) is 0 Å². The summed E-state index contributed by atoms with van der Waals surface area (Å²) >= 11 is 0. The lowest BCUT2D eigenvalue weighted by Gasteiger charge is -2.13. The van der Waals surface area contributed by atoms with Gasteiger partial charge in [-0.3, -0.25) is 0 Å². The standard InChI is InChI=1S/C16H16O5S/c1-3-22(19,20)15-13(5-4-6-14(15)16(17)18)11-7-9-12(21-2)10-8-11/h4-10H,3H2,1-2H3,(H,17,18). The third-order valence-corrected chi connectivity index (χ3v) is 5.16. The molecule has 116 valence electrons. The van der Waals surface area contributed by atoms with Gasteiger partial charge >= 0.3 is 5.97 Å². The molecule has 0 aliphatic heterocycles. The first-order valence-electron chi connectivity index (χ1n) is 6.64. The summed E-state index contributed by atoms with van der Waals surface area (Å²) in [7, 11) is -2.15. The van der Waals surface area contributed by atoms with Gasteiger partial charge in [0.05, 0.1) is 23.3 Å². The molecule has 0 aliphatic rings. The van der Waals surface area contributed by atoms with Crippen molar-refractivity contribution in [1.29, 1.82) is 0 Å². The van der Waals surface area contributed by atoms with E-state index in [1.807, 2.05) is 0 Å². The van der Waals surface area contributed by atoms with E-state index in [2.05, 4.69) is 0 Å². The van der Waals surface area contributed by atoms with Crippen LogP contribution in [0.3, 0.4) is 0 Å². The Hall–Kier alpha value is -2.34. The van der Waals surface area contributed by atoms with Crippen LogP contribution in [-0.2, 0) is 9.84 Å². The third-order valence-electron chi connectivity index (χ3n) is 3.34. The zero-order valence-electron chi connectivity index (χ0n) is 12.2. The molecule has 0 atom stereocenters. The van der Waals surface area contributed by atoms with Crippen LogP contribution in [-0.4, -0.2) is 32.4 Å². The van der Waals surface area contributed by atoms with Crippen molar-refractivity contribution >= 4 is 15.8 Å². The van der Waals surface area contributed by atoms with Gasteiger partial charge in [-0.2, -0.15) is 0 Å². The van der Waals surface area contributed by atoms with E-state index in [9.17, 15) is 18.3 Å². The summed E-state index contributed by atoms with van der Waals surface area (Å²) in [5.41, 5.74) is 0.787. The lowest BCUT2D eigenvalue weighted by atomic mass is 10.0. The summed E-state index contributed by atoms with van der Waals surface area (Å²) in [5.74, 6) is -0.791. The topological polar surface area (TPSA) is 80.7 Å². The van der Waals surface area contributed by atoms with E-state index in [0.717, 1.165) is 0 Å². The quantitative estimate of drug-likeness (QED) is 0.916. The first-order valence-corrected chi connectivity index (χ1v) is 8.29. The number of ether oxygens (including phenoxy) is 1. The Morgan fingerprint density at radius 3 is 2.27 bits per heavy atom. The van der Waals surface area contributed by atoms with Crippen molar-refractivity contribution in [3.05, 3.63) is 48.0 Å². The van der Waals surface area contributed by atoms with Gasteiger partial charge in [0.2, 0.25) is 0 Å². The number of rotatable bonds is 5. The Bertz CT molecular complexity index is 792. The fourth-order valence-electron chi connectivity index (χ4n) is 2.18. The normalized spacial score (nSPS) is 11.2. The Kier molecular flexibility index (Phi) is 4.51. The molecule has 0 fully saturated rings. The number of carbonyl (C=O) groups is 1. The van der Waals surface area contributed by atoms with Crippen LogP contribution in [0.2, 0.25) is 0 Å². The van der Waals surface area contributed by atoms with Crippen LogP contribution >= 0.6 is 0 Å². The highest BCUT2D eigenvalue weighted by molar-refractivity contribution is 7.91. The fourth-order valence-corrected chi connectivity index (χ4v) is 3.48. The van der Waals surface area contributed by atoms with Gasteiger partial charge in [0, 0.05) is 5.56 Å². The summed E-state index contributed by atoms with van der Waals surface area (Å²) in [6, 6.07) is 11.3. The monoisotopic (exact) mass is 320 g/mol. The molecule has 2 aromatic rings. The average molecular weight is 320 g/mol. The number of hydrogen-bond acceptors (Lipinski definition) is 4. The Morgan fingerprint density at radius 2 is 1.77 bits per heavy atom. The molecule has 0 heterocycles. The first kappa shape index (κ1) is 16.0. The van der Waals surface area contributed by atoms with Gasteiger partial charge in [0.1, 0.15) is 5.75 Å². The van der Waals surface area contributed by atoms with Gasteiger partial charge in [0.25, 0.3) is 0 Å². The maximum atomic E-state index is 12.4. The maximum absolute atomic E-state index is 12.4. The molecular formula is C16H16O5S. The lowest BCUT2D eigenvalue weighted by Crippen LogP contribution is -2.12. The summed E-state index contributed by atoms with van der Waals surface area (Å²) in [6.45, 7) is 1.49. The van der Waals surface area contributed by atoms with Crippen LogP contribution in [0.1, 0.15) is 17.3 Å². The second kappa shape index (κ2) is 6.19. The van der Waals surface area contributed by atoms with Crippen molar-refractivity contribution in [2.75, 3.05) is 12.9 Å². The number of sulfone groups is 1. The van der Waals surface area contributed by atoms with E-state index >= 15 is 0 Å². The minimum Gasteiger partial charge on any atom is -0.497 e. The molecule has 0 spiro atoms. The molecular weight excluding hydrogens is 304 g/mol. The van der Waals surface area contributed by atoms with E-state index < -0.39 is 15.8 Å². The SMILES string of the molecule is CCS(=O)(=O)c1c(C(=O)O)cccc1-c1ccc(OC)cc1.